The Balaban J connectivity index is 3.93. The van der Waals surface area contributed by atoms with Crippen LogP contribution in [0, 0.1) is 17.8 Å². The number of aliphatic carboxylic acids is 1. The minimum atomic E-state index is -0.888. The van der Waals surface area contributed by atoms with Crippen molar-refractivity contribution in [2.45, 2.75) is 40.5 Å². The molecule has 0 aliphatic carbocycles. The van der Waals surface area contributed by atoms with Gasteiger partial charge in [-0.15, -0.1) is 0 Å². The van der Waals surface area contributed by atoms with Gasteiger partial charge in [0.1, 0.15) is 13.2 Å². The van der Waals surface area contributed by atoms with Crippen LogP contribution >= 0.6 is 0 Å². The summed E-state index contributed by atoms with van der Waals surface area (Å²) >= 11 is 0. The fourth-order valence-corrected chi connectivity index (χ4v) is 1.87. The quantitative estimate of drug-likeness (QED) is 0.472. The number of hydrogen-bond donors (Lipinski definition) is 2. The van der Waals surface area contributed by atoms with Gasteiger partial charge in [0.25, 0.3) is 0 Å². The molecular formula is C15H27NO6. The summed E-state index contributed by atoms with van der Waals surface area (Å²) in [6, 6.07) is 0. The van der Waals surface area contributed by atoms with Gasteiger partial charge in [0.15, 0.2) is 0 Å². The zero-order valence-corrected chi connectivity index (χ0v) is 13.8. The van der Waals surface area contributed by atoms with Gasteiger partial charge in [-0.25, -0.2) is 4.79 Å². The number of ether oxygens (including phenoxy) is 2. The van der Waals surface area contributed by atoms with Gasteiger partial charge in [-0.05, 0) is 18.3 Å². The van der Waals surface area contributed by atoms with Crippen LogP contribution in [0.2, 0.25) is 0 Å². The minimum Gasteiger partial charge on any atom is -0.481 e. The molecule has 0 aromatic rings. The molecular weight excluding hydrogens is 290 g/mol. The van der Waals surface area contributed by atoms with Crippen molar-refractivity contribution >= 4 is 18.0 Å². The van der Waals surface area contributed by atoms with Crippen LogP contribution in [0.15, 0.2) is 0 Å². The summed E-state index contributed by atoms with van der Waals surface area (Å²) in [5.74, 6) is -1.24. The van der Waals surface area contributed by atoms with E-state index in [2.05, 4.69) is 5.32 Å². The highest BCUT2D eigenvalue weighted by Crippen LogP contribution is 2.14. The van der Waals surface area contributed by atoms with Crippen LogP contribution in [0.3, 0.4) is 0 Å². The summed E-state index contributed by atoms with van der Waals surface area (Å²) in [4.78, 5) is 33.4. The Kier molecular flexibility index (Phi) is 9.98. The lowest BCUT2D eigenvalue weighted by Crippen LogP contribution is -2.32. The lowest BCUT2D eigenvalue weighted by atomic mass is 9.94. The first-order chi connectivity index (χ1) is 10.2. The summed E-state index contributed by atoms with van der Waals surface area (Å²) < 4.78 is 9.72. The molecule has 0 radical (unpaired) electrons. The Morgan fingerprint density at radius 1 is 1.05 bits per heavy atom. The molecule has 0 aromatic heterocycles. The second-order valence-electron chi connectivity index (χ2n) is 5.93. The van der Waals surface area contributed by atoms with Crippen molar-refractivity contribution in [1.29, 1.82) is 0 Å². The molecule has 0 saturated carbocycles. The summed E-state index contributed by atoms with van der Waals surface area (Å²) in [5, 5.41) is 11.4. The normalized spacial score (nSPS) is 12.1. The monoisotopic (exact) mass is 317 g/mol. The second kappa shape index (κ2) is 10.9. The zero-order chi connectivity index (χ0) is 17.1. The van der Waals surface area contributed by atoms with Crippen molar-refractivity contribution in [3.8, 4) is 0 Å². The summed E-state index contributed by atoms with van der Waals surface area (Å²) in [6.45, 7) is 7.65. The molecule has 0 aliphatic rings. The Bertz CT molecular complexity index is 367. The molecule has 0 saturated heterocycles. The predicted molar refractivity (Wildman–Crippen MR) is 80.3 cm³/mol. The number of rotatable bonds is 10. The molecule has 128 valence electrons. The minimum absolute atomic E-state index is 0.00443. The van der Waals surface area contributed by atoms with E-state index < -0.39 is 12.1 Å². The molecule has 0 aromatic carbocycles. The molecule has 22 heavy (non-hydrogen) atoms. The second-order valence-corrected chi connectivity index (χ2v) is 5.93. The van der Waals surface area contributed by atoms with E-state index in [1.54, 1.807) is 13.8 Å². The smallest absolute Gasteiger partial charge is 0.407 e. The average molecular weight is 317 g/mol. The summed E-state index contributed by atoms with van der Waals surface area (Å²) in [6.07, 6.45) is 0.0722. The Hall–Kier alpha value is -1.79. The third-order valence-electron chi connectivity index (χ3n) is 2.84. The predicted octanol–water partition coefficient (Wildman–Crippen LogP) is 2.05. The molecule has 7 heteroatoms. The fraction of sp³-hybridized carbons (Fsp3) is 0.800. The number of carbonyl (C=O) groups excluding carboxylic acids is 2. The van der Waals surface area contributed by atoms with Crippen LogP contribution in [-0.4, -0.2) is 42.9 Å². The maximum Gasteiger partial charge on any atom is 0.407 e. The molecule has 0 spiro atoms. The van der Waals surface area contributed by atoms with Gasteiger partial charge in [0, 0.05) is 13.0 Å². The molecule has 0 fully saturated rings. The van der Waals surface area contributed by atoms with E-state index in [0.717, 1.165) is 0 Å². The van der Waals surface area contributed by atoms with Gasteiger partial charge in [0.2, 0.25) is 0 Å². The van der Waals surface area contributed by atoms with Crippen molar-refractivity contribution in [2.75, 3.05) is 19.8 Å². The number of carboxylic acids is 1. The van der Waals surface area contributed by atoms with Gasteiger partial charge >= 0.3 is 18.0 Å². The molecule has 7 nitrogen and oxygen atoms in total. The molecule has 2 N–H and O–H groups in total. The largest absolute Gasteiger partial charge is 0.481 e. The van der Waals surface area contributed by atoms with Gasteiger partial charge in [-0.2, -0.15) is 0 Å². The molecule has 0 rings (SSSR count). The molecule has 0 unspecified atom stereocenters. The van der Waals surface area contributed by atoms with Gasteiger partial charge in [-0.1, -0.05) is 27.7 Å². The van der Waals surface area contributed by atoms with Crippen molar-refractivity contribution in [2.24, 2.45) is 17.8 Å². The Labute approximate surface area is 131 Å². The van der Waals surface area contributed by atoms with Crippen LogP contribution in [0.4, 0.5) is 4.79 Å². The summed E-state index contributed by atoms with van der Waals surface area (Å²) in [5.41, 5.74) is 0. The Morgan fingerprint density at radius 3 is 2.14 bits per heavy atom. The topological polar surface area (TPSA) is 102 Å². The van der Waals surface area contributed by atoms with E-state index in [1.165, 1.54) is 0 Å². The van der Waals surface area contributed by atoms with Crippen molar-refractivity contribution in [3.05, 3.63) is 0 Å². The standard InChI is InChI=1S/C15H27NO6/c1-10(2)7-12(8-13(17)18)9-16-15(20)22-6-5-21-14(19)11(3)4/h10-12H,5-9H2,1-4H3,(H,16,20)(H,17,18)/t12-/m1/s1. The zero-order valence-electron chi connectivity index (χ0n) is 13.8. The number of carboxylic acid groups (broad SMARTS) is 1. The highest BCUT2D eigenvalue weighted by molar-refractivity contribution is 5.71. The van der Waals surface area contributed by atoms with E-state index in [-0.39, 0.29) is 44.0 Å². The SMILES string of the molecule is CC(C)C[C@@H](CNC(=O)OCCOC(=O)C(C)C)CC(=O)O. The van der Waals surface area contributed by atoms with Gasteiger partial charge in [0.05, 0.1) is 5.92 Å². The first-order valence-electron chi connectivity index (χ1n) is 7.51. The van der Waals surface area contributed by atoms with E-state index in [0.29, 0.717) is 12.3 Å². The van der Waals surface area contributed by atoms with E-state index in [9.17, 15) is 14.4 Å². The first kappa shape index (κ1) is 20.2. The molecule has 1 amide bonds. The molecule has 0 bridgehead atoms. The maximum absolute atomic E-state index is 11.5. The maximum atomic E-state index is 11.5. The van der Waals surface area contributed by atoms with Crippen LogP contribution < -0.4 is 5.32 Å². The fourth-order valence-electron chi connectivity index (χ4n) is 1.87. The first-order valence-corrected chi connectivity index (χ1v) is 7.51. The van der Waals surface area contributed by atoms with Gasteiger partial charge in [-0.3, -0.25) is 9.59 Å². The number of amides is 1. The van der Waals surface area contributed by atoms with Crippen molar-refractivity contribution in [1.82, 2.24) is 5.32 Å². The third kappa shape index (κ3) is 10.9. The van der Waals surface area contributed by atoms with E-state index >= 15 is 0 Å². The molecule has 0 aliphatic heterocycles. The highest BCUT2D eigenvalue weighted by atomic mass is 16.6. The van der Waals surface area contributed by atoms with Crippen molar-refractivity contribution in [3.63, 3.8) is 0 Å². The van der Waals surface area contributed by atoms with E-state index in [4.69, 9.17) is 14.6 Å². The number of hydrogen-bond acceptors (Lipinski definition) is 5. The number of esters is 1. The molecule has 0 heterocycles. The number of nitrogens with one attached hydrogen (secondary N) is 1. The lowest BCUT2D eigenvalue weighted by molar-refractivity contribution is -0.148. The number of carbonyl (C=O) groups is 3. The van der Waals surface area contributed by atoms with Crippen LogP contribution in [0.25, 0.3) is 0 Å². The lowest BCUT2D eigenvalue weighted by Gasteiger charge is -2.17. The number of alkyl carbamates (subject to hydrolysis) is 1. The van der Waals surface area contributed by atoms with Gasteiger partial charge < -0.3 is 19.9 Å². The van der Waals surface area contributed by atoms with Crippen LogP contribution in [-0.2, 0) is 19.1 Å². The van der Waals surface area contributed by atoms with E-state index in [1.807, 2.05) is 13.8 Å². The Morgan fingerprint density at radius 2 is 1.64 bits per heavy atom. The van der Waals surface area contributed by atoms with Crippen molar-refractivity contribution < 1.29 is 29.0 Å². The molecule has 1 atom stereocenters. The van der Waals surface area contributed by atoms with Crippen LogP contribution in [0.1, 0.15) is 40.5 Å². The average Bonchev–Trinajstić information content (AvgIpc) is 2.39. The van der Waals surface area contributed by atoms with Crippen LogP contribution in [0.5, 0.6) is 0 Å². The summed E-state index contributed by atoms with van der Waals surface area (Å²) in [7, 11) is 0. The third-order valence-corrected chi connectivity index (χ3v) is 2.84. The highest BCUT2D eigenvalue weighted by Gasteiger charge is 2.16.